The molecule has 4 atom stereocenters. The molecule has 6 rings (SSSR count). The van der Waals surface area contributed by atoms with Crippen LogP contribution in [-0.2, 0) is 28.5 Å². The predicted octanol–water partition coefficient (Wildman–Crippen LogP) is 4.31. The van der Waals surface area contributed by atoms with Gasteiger partial charge in [-0.2, -0.15) is 10.1 Å². The number of carbonyl (C=O) groups is 2. The van der Waals surface area contributed by atoms with Gasteiger partial charge in [0.1, 0.15) is 31.5 Å². The smallest absolute Gasteiger partial charge is 0.351 e. The molecule has 0 unspecified atom stereocenters. The van der Waals surface area contributed by atoms with Crippen molar-refractivity contribution in [3.05, 3.63) is 143 Å². The number of ether oxygens (including phenoxy) is 3. The van der Waals surface area contributed by atoms with E-state index in [2.05, 4.69) is 51.5 Å². The highest BCUT2D eigenvalue weighted by atomic mass is 32.2. The molecule has 2 aromatic heterocycles. The van der Waals surface area contributed by atoms with E-state index in [-0.39, 0.29) is 12.4 Å². The van der Waals surface area contributed by atoms with Gasteiger partial charge in [0.25, 0.3) is 0 Å². The van der Waals surface area contributed by atoms with E-state index in [1.165, 1.54) is 47.5 Å². The Bertz CT molecular complexity index is 1740. The van der Waals surface area contributed by atoms with Gasteiger partial charge in [0, 0.05) is 20.0 Å². The predicted molar refractivity (Wildman–Crippen MR) is 170 cm³/mol. The van der Waals surface area contributed by atoms with Crippen LogP contribution in [0.4, 0.5) is 0 Å². The van der Waals surface area contributed by atoms with Crippen molar-refractivity contribution in [2.24, 2.45) is 0 Å². The number of rotatable bonds is 10. The van der Waals surface area contributed by atoms with Gasteiger partial charge in [-0.1, -0.05) is 91.0 Å². The lowest BCUT2D eigenvalue weighted by Crippen LogP contribution is -2.41. The Hall–Kier alpha value is -5.07. The summed E-state index contributed by atoms with van der Waals surface area (Å²) in [4.78, 5) is 46.3. The normalized spacial score (nSPS) is 19.4. The van der Waals surface area contributed by atoms with Crippen LogP contribution in [0, 0.1) is 0 Å². The minimum Gasteiger partial charge on any atom is -0.463 e. The quantitative estimate of drug-likeness (QED) is 0.161. The van der Waals surface area contributed by atoms with E-state index in [1.807, 2.05) is 54.6 Å². The molecule has 1 saturated heterocycles. The second-order valence-electron chi connectivity index (χ2n) is 10.6. The first-order valence-electron chi connectivity index (χ1n) is 14.6. The van der Waals surface area contributed by atoms with Crippen LogP contribution in [-0.4, -0.2) is 60.3 Å². The summed E-state index contributed by atoms with van der Waals surface area (Å²) in [6, 6.07) is 31.6. The van der Waals surface area contributed by atoms with E-state index in [1.54, 1.807) is 12.3 Å². The van der Waals surface area contributed by atoms with Crippen LogP contribution in [0.25, 0.3) is 5.82 Å². The number of hydrogen-bond acceptors (Lipinski definition) is 10. The van der Waals surface area contributed by atoms with Crippen LogP contribution in [0.5, 0.6) is 0 Å². The number of hydrogen-bond donors (Lipinski definition) is 0. The fraction of sp³-hybridized carbons (Fsp3) is 0.235. The topological polar surface area (TPSA) is 127 Å². The fourth-order valence-corrected chi connectivity index (χ4v) is 7.60. The summed E-state index contributed by atoms with van der Waals surface area (Å²) in [5, 5.41) is 3.38. The molecule has 0 aliphatic carbocycles. The molecule has 11 nitrogen and oxygen atoms in total. The van der Waals surface area contributed by atoms with E-state index in [9.17, 15) is 14.4 Å². The molecule has 1 fully saturated rings. The van der Waals surface area contributed by atoms with Gasteiger partial charge >= 0.3 is 17.6 Å². The van der Waals surface area contributed by atoms with Crippen LogP contribution in [0.3, 0.4) is 0 Å². The molecule has 0 saturated carbocycles. The van der Waals surface area contributed by atoms with Gasteiger partial charge in [0.2, 0.25) is 0 Å². The third-order valence-electron chi connectivity index (χ3n) is 7.64. The van der Waals surface area contributed by atoms with Crippen LogP contribution in [0.15, 0.2) is 121 Å². The summed E-state index contributed by atoms with van der Waals surface area (Å²) in [5.41, 5.74) is 2.29. The largest absolute Gasteiger partial charge is 0.463 e. The number of benzene rings is 3. The summed E-state index contributed by atoms with van der Waals surface area (Å²) in [6.07, 6.45) is 1.59. The third kappa shape index (κ3) is 6.22. The lowest BCUT2D eigenvalue weighted by molar-refractivity contribution is -0.155. The number of aromatic nitrogens is 5. The molecule has 1 aliphatic rings. The summed E-state index contributed by atoms with van der Waals surface area (Å²) < 4.78 is 19.7. The molecule has 0 amide bonds. The number of carbonyl (C=O) groups excluding carboxylic acids is 2. The molecule has 1 aliphatic heterocycles. The summed E-state index contributed by atoms with van der Waals surface area (Å²) >= 11 is 1.50. The number of thioether (sulfide) groups is 1. The van der Waals surface area contributed by atoms with Gasteiger partial charge in [0.15, 0.2) is 12.0 Å². The van der Waals surface area contributed by atoms with Gasteiger partial charge in [-0.3, -0.25) is 14.2 Å². The molecule has 0 radical (unpaired) electrons. The van der Waals surface area contributed by atoms with E-state index < -0.39 is 46.1 Å². The van der Waals surface area contributed by atoms with Gasteiger partial charge in [-0.25, -0.2) is 14.5 Å². The van der Waals surface area contributed by atoms with Crippen molar-refractivity contribution in [3.63, 3.8) is 0 Å². The fourth-order valence-electron chi connectivity index (χ4n) is 5.70. The van der Waals surface area contributed by atoms with Gasteiger partial charge in [0.05, 0.1) is 10.00 Å². The minimum absolute atomic E-state index is 0.185. The summed E-state index contributed by atoms with van der Waals surface area (Å²) in [6.45, 7) is 2.43. The second-order valence-corrected chi connectivity index (χ2v) is 12.0. The van der Waals surface area contributed by atoms with E-state index in [0.29, 0.717) is 0 Å². The van der Waals surface area contributed by atoms with Crippen molar-refractivity contribution < 1.29 is 23.8 Å². The Labute approximate surface area is 269 Å². The monoisotopic (exact) mass is 637 g/mol. The maximum Gasteiger partial charge on any atom is 0.351 e. The van der Waals surface area contributed by atoms with E-state index >= 15 is 0 Å². The third-order valence-corrected chi connectivity index (χ3v) is 9.47. The maximum atomic E-state index is 13.7. The maximum absolute atomic E-state index is 13.7. The molecule has 0 N–H and O–H groups in total. The Morgan fingerprint density at radius 3 is 1.93 bits per heavy atom. The standard InChI is InChI=1S/C34H31N5O6S/c1-23(40)43-20-28-30(44-24(2)41)31(32(45-28)38-19-18-29(37-33(38)42)39-22-35-21-36-39)46-34(25-12-6-3-7-13-25,26-14-8-4-9-15-26)27-16-10-5-11-17-27/h3-19,21-22,28,30-32H,20H2,1-2H3/t28-,30-,31-,32-/m1/s1. The zero-order chi connectivity index (χ0) is 32.1. The van der Waals surface area contributed by atoms with Crippen LogP contribution in [0.2, 0.25) is 0 Å². The average molecular weight is 638 g/mol. The average Bonchev–Trinajstić information content (AvgIpc) is 3.72. The Kier molecular flexibility index (Phi) is 9.08. The molecule has 12 heteroatoms. The van der Waals surface area contributed by atoms with Gasteiger partial charge in [-0.05, 0) is 22.8 Å². The first-order valence-corrected chi connectivity index (χ1v) is 15.5. The highest BCUT2D eigenvalue weighted by molar-refractivity contribution is 8.01. The number of nitrogens with zero attached hydrogens (tertiary/aromatic N) is 5. The van der Waals surface area contributed by atoms with Crippen molar-refractivity contribution in [2.75, 3.05) is 6.61 Å². The van der Waals surface area contributed by atoms with Crippen molar-refractivity contribution in [1.82, 2.24) is 24.3 Å². The second kappa shape index (κ2) is 13.5. The van der Waals surface area contributed by atoms with Gasteiger partial charge < -0.3 is 14.2 Å². The summed E-state index contributed by atoms with van der Waals surface area (Å²) in [5.74, 6) is -0.772. The van der Waals surface area contributed by atoms with Gasteiger partial charge in [-0.15, -0.1) is 11.8 Å². The lowest BCUT2D eigenvalue weighted by atomic mass is 9.84. The first kappa shape index (κ1) is 30.9. The molecule has 46 heavy (non-hydrogen) atoms. The zero-order valence-electron chi connectivity index (χ0n) is 25.1. The van der Waals surface area contributed by atoms with E-state index in [0.717, 1.165) is 16.7 Å². The SMILES string of the molecule is CC(=O)OC[C@H]1O[C@@H](n2ccc(-n3cncn3)nc2=O)[C@H](SC(c2ccccc2)(c2ccccc2)c2ccccc2)[C@@H]1OC(C)=O. The first-order chi connectivity index (χ1) is 22.4. The molecule has 0 bridgehead atoms. The molecular weight excluding hydrogens is 606 g/mol. The van der Waals surface area contributed by atoms with Crippen LogP contribution < -0.4 is 5.69 Å². The van der Waals surface area contributed by atoms with Crippen molar-refractivity contribution in [1.29, 1.82) is 0 Å². The van der Waals surface area contributed by atoms with Crippen molar-refractivity contribution >= 4 is 23.7 Å². The molecule has 5 aromatic rings. The molecule has 3 aromatic carbocycles. The lowest BCUT2D eigenvalue weighted by Gasteiger charge is -2.39. The van der Waals surface area contributed by atoms with Crippen molar-refractivity contribution in [2.45, 2.75) is 42.3 Å². The molecule has 0 spiro atoms. The Morgan fingerprint density at radius 2 is 1.46 bits per heavy atom. The van der Waals surface area contributed by atoms with Crippen LogP contribution >= 0.6 is 11.8 Å². The van der Waals surface area contributed by atoms with E-state index in [4.69, 9.17) is 14.2 Å². The zero-order valence-corrected chi connectivity index (χ0v) is 25.9. The molecule has 234 valence electrons. The highest BCUT2D eigenvalue weighted by Crippen LogP contribution is 2.55. The Morgan fingerprint density at radius 1 is 0.870 bits per heavy atom. The Balaban J connectivity index is 1.55. The molecule has 3 heterocycles. The summed E-state index contributed by atoms with van der Waals surface area (Å²) in [7, 11) is 0. The minimum atomic E-state index is -0.977. The number of esters is 2. The highest BCUT2D eigenvalue weighted by Gasteiger charge is 2.53. The van der Waals surface area contributed by atoms with Crippen molar-refractivity contribution in [3.8, 4) is 5.82 Å². The molecular formula is C34H31N5O6S. The van der Waals surface area contributed by atoms with Crippen LogP contribution in [0.1, 0.15) is 36.8 Å².